The van der Waals surface area contributed by atoms with Gasteiger partial charge in [-0.05, 0) is 31.2 Å². The summed E-state index contributed by atoms with van der Waals surface area (Å²) in [6.07, 6.45) is 3.51. The van der Waals surface area contributed by atoms with Crippen molar-refractivity contribution in [1.82, 2.24) is 9.78 Å². The van der Waals surface area contributed by atoms with E-state index in [1.165, 1.54) is 0 Å². The van der Waals surface area contributed by atoms with Crippen LogP contribution >= 0.6 is 0 Å². The van der Waals surface area contributed by atoms with E-state index in [1.54, 1.807) is 29.0 Å². The van der Waals surface area contributed by atoms with E-state index in [0.29, 0.717) is 18.8 Å². The van der Waals surface area contributed by atoms with E-state index in [-0.39, 0.29) is 24.2 Å². The summed E-state index contributed by atoms with van der Waals surface area (Å²) in [5, 5.41) is 6.81. The van der Waals surface area contributed by atoms with Crippen LogP contribution in [0.3, 0.4) is 0 Å². The summed E-state index contributed by atoms with van der Waals surface area (Å²) in [5.41, 5.74) is 1.41. The number of hydrogen-bond donors (Lipinski definition) is 1. The Morgan fingerprint density at radius 1 is 1.38 bits per heavy atom. The zero-order chi connectivity index (χ0) is 17.1. The summed E-state index contributed by atoms with van der Waals surface area (Å²) in [6.45, 7) is 2.89. The van der Waals surface area contributed by atoms with Crippen LogP contribution in [0.1, 0.15) is 13.3 Å². The Morgan fingerprint density at radius 2 is 2.12 bits per heavy atom. The van der Waals surface area contributed by atoms with Crippen molar-refractivity contribution in [2.75, 3.05) is 23.4 Å². The molecule has 0 aliphatic carbocycles. The summed E-state index contributed by atoms with van der Waals surface area (Å²) in [5.74, 6) is 0.179. The number of carbonyl (C=O) groups is 2. The molecule has 2 heterocycles. The lowest BCUT2D eigenvalue weighted by atomic mass is 10.1. The third-order valence-corrected chi connectivity index (χ3v) is 3.93. The molecule has 0 radical (unpaired) electrons. The van der Waals surface area contributed by atoms with Crippen molar-refractivity contribution in [1.29, 1.82) is 0 Å². The van der Waals surface area contributed by atoms with Gasteiger partial charge in [0.05, 0.1) is 24.4 Å². The Balaban J connectivity index is 1.65. The molecule has 0 bridgehead atoms. The smallest absolute Gasteiger partial charge is 0.229 e. The summed E-state index contributed by atoms with van der Waals surface area (Å²) in [4.78, 5) is 26.2. The zero-order valence-electron chi connectivity index (χ0n) is 13.7. The summed E-state index contributed by atoms with van der Waals surface area (Å²) in [6, 6.07) is 7.33. The maximum atomic E-state index is 12.3. The molecule has 0 spiro atoms. The molecule has 1 saturated heterocycles. The van der Waals surface area contributed by atoms with Crippen LogP contribution in [0.4, 0.5) is 11.4 Å². The van der Waals surface area contributed by atoms with Crippen LogP contribution in [-0.2, 0) is 16.6 Å². The minimum atomic E-state index is -0.371. The van der Waals surface area contributed by atoms with E-state index in [2.05, 4.69) is 10.4 Å². The monoisotopic (exact) mass is 328 g/mol. The van der Waals surface area contributed by atoms with Gasteiger partial charge in [0.1, 0.15) is 5.75 Å². The molecule has 24 heavy (non-hydrogen) atoms. The highest BCUT2D eigenvalue weighted by molar-refractivity contribution is 6.03. The molecular formula is C17H20N4O3. The number of aromatic nitrogens is 2. The highest BCUT2D eigenvalue weighted by Crippen LogP contribution is 2.27. The van der Waals surface area contributed by atoms with Gasteiger partial charge in [-0.1, -0.05) is 0 Å². The normalized spacial score (nSPS) is 17.2. The minimum Gasteiger partial charge on any atom is -0.494 e. The van der Waals surface area contributed by atoms with Crippen LogP contribution in [-0.4, -0.2) is 34.7 Å². The Kier molecular flexibility index (Phi) is 4.50. The molecule has 7 nitrogen and oxygen atoms in total. The number of aryl methyl sites for hydroxylation is 1. The van der Waals surface area contributed by atoms with Gasteiger partial charge in [0.25, 0.3) is 0 Å². The van der Waals surface area contributed by atoms with Gasteiger partial charge in [-0.25, -0.2) is 0 Å². The van der Waals surface area contributed by atoms with Crippen molar-refractivity contribution < 1.29 is 14.3 Å². The van der Waals surface area contributed by atoms with E-state index < -0.39 is 0 Å². The van der Waals surface area contributed by atoms with E-state index in [1.807, 2.05) is 31.2 Å². The molecule has 1 aromatic carbocycles. The molecule has 1 aliphatic rings. The topological polar surface area (TPSA) is 76.5 Å². The van der Waals surface area contributed by atoms with E-state index >= 15 is 0 Å². The molecule has 126 valence electrons. The van der Waals surface area contributed by atoms with E-state index in [4.69, 9.17) is 4.74 Å². The third kappa shape index (κ3) is 3.40. The number of nitrogens with zero attached hydrogens (tertiary/aromatic N) is 3. The zero-order valence-corrected chi connectivity index (χ0v) is 13.7. The van der Waals surface area contributed by atoms with Crippen molar-refractivity contribution in [3.8, 4) is 5.75 Å². The number of anilines is 2. The molecule has 2 aromatic rings. The molecule has 1 atom stereocenters. The van der Waals surface area contributed by atoms with E-state index in [9.17, 15) is 9.59 Å². The quantitative estimate of drug-likeness (QED) is 0.908. The lowest BCUT2D eigenvalue weighted by Gasteiger charge is -2.17. The van der Waals surface area contributed by atoms with Crippen molar-refractivity contribution in [2.24, 2.45) is 13.0 Å². The fourth-order valence-electron chi connectivity index (χ4n) is 2.75. The maximum absolute atomic E-state index is 12.3. The van der Waals surface area contributed by atoms with Crippen LogP contribution in [0.15, 0.2) is 36.7 Å². The first-order valence-electron chi connectivity index (χ1n) is 7.89. The predicted octanol–water partition coefficient (Wildman–Crippen LogP) is 1.81. The lowest BCUT2D eigenvalue weighted by Crippen LogP contribution is -2.28. The Hall–Kier alpha value is -2.83. The van der Waals surface area contributed by atoms with Crippen LogP contribution < -0.4 is 15.0 Å². The molecule has 1 aliphatic heterocycles. The maximum Gasteiger partial charge on any atom is 0.229 e. The fourth-order valence-corrected chi connectivity index (χ4v) is 2.75. The van der Waals surface area contributed by atoms with Gasteiger partial charge in [-0.15, -0.1) is 0 Å². The average Bonchev–Trinajstić information content (AvgIpc) is 3.14. The number of hydrogen-bond acceptors (Lipinski definition) is 4. The first-order valence-corrected chi connectivity index (χ1v) is 7.89. The van der Waals surface area contributed by atoms with E-state index in [0.717, 1.165) is 11.4 Å². The summed E-state index contributed by atoms with van der Waals surface area (Å²) in [7, 11) is 1.78. The van der Waals surface area contributed by atoms with Gasteiger partial charge in [0.2, 0.25) is 11.8 Å². The second kappa shape index (κ2) is 6.74. The second-order valence-electron chi connectivity index (χ2n) is 5.72. The van der Waals surface area contributed by atoms with Crippen LogP contribution in [0.2, 0.25) is 0 Å². The van der Waals surface area contributed by atoms with Gasteiger partial charge < -0.3 is 15.0 Å². The predicted molar refractivity (Wildman–Crippen MR) is 89.9 cm³/mol. The molecule has 1 fully saturated rings. The van der Waals surface area contributed by atoms with Crippen LogP contribution in [0.25, 0.3) is 0 Å². The number of amides is 2. The molecule has 1 N–H and O–H groups in total. The Bertz CT molecular complexity index is 739. The minimum absolute atomic E-state index is 0.0505. The fraction of sp³-hybridized carbons (Fsp3) is 0.353. The van der Waals surface area contributed by atoms with Gasteiger partial charge in [-0.2, -0.15) is 5.10 Å². The number of ether oxygens (including phenoxy) is 1. The SMILES string of the molecule is CCOc1ccc(N2CC(C(=O)Nc3cnn(C)c3)CC2=O)cc1. The summed E-state index contributed by atoms with van der Waals surface area (Å²) < 4.78 is 7.02. The molecule has 1 unspecified atom stereocenters. The van der Waals surface area contributed by atoms with Crippen molar-refractivity contribution in [2.45, 2.75) is 13.3 Å². The van der Waals surface area contributed by atoms with Gasteiger partial charge in [-0.3, -0.25) is 14.3 Å². The van der Waals surface area contributed by atoms with Crippen molar-refractivity contribution in [3.05, 3.63) is 36.7 Å². The van der Waals surface area contributed by atoms with Gasteiger partial charge in [0.15, 0.2) is 0 Å². The number of nitrogens with one attached hydrogen (secondary N) is 1. The molecular weight excluding hydrogens is 308 g/mol. The molecule has 1 aromatic heterocycles. The summed E-state index contributed by atoms with van der Waals surface area (Å²) >= 11 is 0. The van der Waals surface area contributed by atoms with Crippen LogP contribution in [0, 0.1) is 5.92 Å². The highest BCUT2D eigenvalue weighted by atomic mass is 16.5. The second-order valence-corrected chi connectivity index (χ2v) is 5.72. The Morgan fingerprint density at radius 3 is 2.75 bits per heavy atom. The number of carbonyl (C=O) groups excluding carboxylic acids is 2. The first kappa shape index (κ1) is 16.0. The van der Waals surface area contributed by atoms with Crippen molar-refractivity contribution in [3.63, 3.8) is 0 Å². The molecule has 0 saturated carbocycles. The molecule has 7 heteroatoms. The number of rotatable bonds is 5. The van der Waals surface area contributed by atoms with Crippen molar-refractivity contribution >= 4 is 23.2 Å². The van der Waals surface area contributed by atoms with Crippen LogP contribution in [0.5, 0.6) is 5.75 Å². The lowest BCUT2D eigenvalue weighted by molar-refractivity contribution is -0.122. The first-order chi connectivity index (χ1) is 11.6. The Labute approximate surface area is 140 Å². The van der Waals surface area contributed by atoms with Gasteiger partial charge >= 0.3 is 0 Å². The standard InChI is InChI=1S/C17H20N4O3/c1-3-24-15-6-4-14(5-7-15)21-10-12(8-16(21)22)17(23)19-13-9-18-20(2)11-13/h4-7,9,11-12H,3,8,10H2,1-2H3,(H,19,23). The average molecular weight is 328 g/mol. The molecule has 2 amide bonds. The number of benzene rings is 1. The largest absolute Gasteiger partial charge is 0.494 e. The third-order valence-electron chi connectivity index (χ3n) is 3.93. The van der Waals surface area contributed by atoms with Gasteiger partial charge in [0, 0.05) is 31.9 Å². The highest BCUT2D eigenvalue weighted by Gasteiger charge is 2.35. The molecule has 3 rings (SSSR count).